The van der Waals surface area contributed by atoms with E-state index in [1.165, 1.54) is 47.4 Å². The van der Waals surface area contributed by atoms with Crippen molar-refractivity contribution in [3.05, 3.63) is 143 Å². The lowest BCUT2D eigenvalue weighted by Crippen LogP contribution is -2.36. The van der Waals surface area contributed by atoms with E-state index in [0.717, 1.165) is 17.0 Å². The molecule has 1 aromatic heterocycles. The van der Waals surface area contributed by atoms with E-state index >= 15 is 0 Å². The molecule has 186 valence electrons. The molecule has 0 fully saturated rings. The van der Waals surface area contributed by atoms with Gasteiger partial charge in [-0.25, -0.2) is 0 Å². The van der Waals surface area contributed by atoms with E-state index in [1.54, 1.807) is 0 Å². The van der Waals surface area contributed by atoms with Crippen molar-refractivity contribution in [2.24, 2.45) is 4.99 Å². The van der Waals surface area contributed by atoms with Gasteiger partial charge in [0.2, 0.25) is 0 Å². The first-order valence-electron chi connectivity index (χ1n) is 13.0. The van der Waals surface area contributed by atoms with E-state index in [0.29, 0.717) is 6.67 Å². The molecule has 0 amide bonds. The number of nitrogens with one attached hydrogen (secondary N) is 1. The molecule has 0 saturated heterocycles. The Balaban J connectivity index is 1.45. The number of nitrogens with zero attached hydrogens (tertiary/aromatic N) is 2. The van der Waals surface area contributed by atoms with Gasteiger partial charge in [0.1, 0.15) is 6.67 Å². The van der Waals surface area contributed by atoms with Gasteiger partial charge in [0.05, 0.1) is 11.1 Å². The van der Waals surface area contributed by atoms with Crippen LogP contribution in [0.1, 0.15) is 27.8 Å². The number of aliphatic imine (C=N–C) groups is 1. The molecule has 5 heteroatoms. The van der Waals surface area contributed by atoms with Crippen LogP contribution < -0.4 is 5.32 Å². The third kappa shape index (κ3) is 3.47. The Bertz CT molecular complexity index is 1780. The van der Waals surface area contributed by atoms with Crippen LogP contribution in [0.2, 0.25) is 0 Å². The summed E-state index contributed by atoms with van der Waals surface area (Å²) >= 11 is 3.74. The van der Waals surface area contributed by atoms with Crippen LogP contribution in [0.4, 0.5) is 0 Å². The van der Waals surface area contributed by atoms with E-state index in [-0.39, 0.29) is 0 Å². The average Bonchev–Trinajstić information content (AvgIpc) is 3.01. The molecule has 8 rings (SSSR count). The van der Waals surface area contributed by atoms with Crippen molar-refractivity contribution in [1.29, 1.82) is 0 Å². The SMILES string of the molecule is C1=NCNC(c2ccc3c(c2)Sc2cc(-c4ccccn4)ccc2C32c3ccccc3Sc3ccccc32)=C1. The summed E-state index contributed by atoms with van der Waals surface area (Å²) in [5, 5.41) is 3.44. The lowest BCUT2D eigenvalue weighted by molar-refractivity contribution is 0.667. The number of hydrogen-bond donors (Lipinski definition) is 1. The molecular weight excluding hydrogens is 515 g/mol. The van der Waals surface area contributed by atoms with Crippen molar-refractivity contribution in [2.45, 2.75) is 25.0 Å². The molecule has 5 aromatic rings. The van der Waals surface area contributed by atoms with E-state index < -0.39 is 5.41 Å². The molecular formula is C34H23N3S2. The number of fused-ring (bicyclic) bond motifs is 8. The first-order chi connectivity index (χ1) is 19.3. The fraction of sp³-hybridized carbons (Fsp3) is 0.0588. The molecule has 3 aliphatic rings. The zero-order valence-electron chi connectivity index (χ0n) is 21.0. The molecule has 4 heterocycles. The molecule has 0 radical (unpaired) electrons. The monoisotopic (exact) mass is 537 g/mol. The number of aromatic nitrogens is 1. The summed E-state index contributed by atoms with van der Waals surface area (Å²) in [6, 6.07) is 37.8. The summed E-state index contributed by atoms with van der Waals surface area (Å²) in [5.41, 5.74) is 9.35. The van der Waals surface area contributed by atoms with Crippen LogP contribution >= 0.6 is 23.5 Å². The second-order valence-corrected chi connectivity index (χ2v) is 12.0. The molecule has 1 spiro atoms. The summed E-state index contributed by atoms with van der Waals surface area (Å²) in [7, 11) is 0. The van der Waals surface area contributed by atoms with E-state index in [9.17, 15) is 0 Å². The predicted octanol–water partition coefficient (Wildman–Crippen LogP) is 8.03. The first kappa shape index (κ1) is 22.9. The highest BCUT2D eigenvalue weighted by Crippen LogP contribution is 2.61. The van der Waals surface area contributed by atoms with Crippen LogP contribution in [0.3, 0.4) is 0 Å². The largest absolute Gasteiger partial charge is 0.366 e. The van der Waals surface area contributed by atoms with Gasteiger partial charge in [-0.15, -0.1) is 0 Å². The van der Waals surface area contributed by atoms with Gasteiger partial charge in [0.15, 0.2) is 0 Å². The minimum Gasteiger partial charge on any atom is -0.366 e. The maximum atomic E-state index is 4.65. The third-order valence-corrected chi connectivity index (χ3v) is 10.0. The molecule has 0 saturated carbocycles. The summed E-state index contributed by atoms with van der Waals surface area (Å²) in [6.45, 7) is 0.605. The minimum atomic E-state index is -0.411. The Labute approximate surface area is 236 Å². The normalized spacial score (nSPS) is 15.8. The average molecular weight is 538 g/mol. The van der Waals surface area contributed by atoms with Crippen molar-refractivity contribution in [3.8, 4) is 11.3 Å². The Morgan fingerprint density at radius 3 is 1.90 bits per heavy atom. The van der Waals surface area contributed by atoms with Crippen molar-refractivity contribution < 1.29 is 0 Å². The quantitative estimate of drug-likeness (QED) is 0.242. The third-order valence-electron chi connectivity index (χ3n) is 7.77. The molecule has 3 aliphatic heterocycles. The van der Waals surface area contributed by atoms with Gasteiger partial charge in [-0.3, -0.25) is 9.98 Å². The molecule has 1 N–H and O–H groups in total. The summed E-state index contributed by atoms with van der Waals surface area (Å²) in [4.78, 5) is 14.1. The second kappa shape index (κ2) is 9.01. The van der Waals surface area contributed by atoms with Crippen LogP contribution in [0, 0.1) is 0 Å². The van der Waals surface area contributed by atoms with Gasteiger partial charge >= 0.3 is 0 Å². The van der Waals surface area contributed by atoms with Crippen molar-refractivity contribution in [3.63, 3.8) is 0 Å². The summed E-state index contributed by atoms with van der Waals surface area (Å²) < 4.78 is 0. The van der Waals surface area contributed by atoms with Crippen LogP contribution in [0.5, 0.6) is 0 Å². The Hall–Kier alpha value is -4.06. The molecule has 0 aliphatic carbocycles. The number of pyridine rings is 1. The Morgan fingerprint density at radius 1 is 0.615 bits per heavy atom. The van der Waals surface area contributed by atoms with Crippen LogP contribution in [-0.4, -0.2) is 17.9 Å². The fourth-order valence-corrected chi connectivity index (χ4v) is 8.56. The summed E-state index contributed by atoms with van der Waals surface area (Å²) in [6.07, 6.45) is 5.81. The molecule has 0 bridgehead atoms. The molecule has 3 nitrogen and oxygen atoms in total. The molecule has 0 atom stereocenters. The zero-order chi connectivity index (χ0) is 25.8. The van der Waals surface area contributed by atoms with Crippen LogP contribution in [0.25, 0.3) is 17.0 Å². The van der Waals surface area contributed by atoms with Crippen LogP contribution in [-0.2, 0) is 5.41 Å². The highest BCUT2D eigenvalue weighted by molar-refractivity contribution is 8.00. The van der Waals surface area contributed by atoms with Gasteiger partial charge in [0, 0.05) is 43.3 Å². The van der Waals surface area contributed by atoms with Gasteiger partial charge < -0.3 is 5.32 Å². The second-order valence-electron chi connectivity index (χ2n) is 9.83. The van der Waals surface area contributed by atoms with Crippen molar-refractivity contribution in [2.75, 3.05) is 6.67 Å². The van der Waals surface area contributed by atoms with Gasteiger partial charge in [-0.1, -0.05) is 90.3 Å². The van der Waals surface area contributed by atoms with Gasteiger partial charge in [0.25, 0.3) is 0 Å². The first-order valence-corrected chi connectivity index (χ1v) is 14.7. The van der Waals surface area contributed by atoms with Crippen molar-refractivity contribution in [1.82, 2.24) is 10.3 Å². The topological polar surface area (TPSA) is 37.3 Å². The van der Waals surface area contributed by atoms with E-state index in [4.69, 9.17) is 0 Å². The molecule has 0 unspecified atom stereocenters. The maximum Gasteiger partial charge on any atom is 0.107 e. The highest BCUT2D eigenvalue weighted by atomic mass is 32.2. The highest BCUT2D eigenvalue weighted by Gasteiger charge is 2.48. The predicted molar refractivity (Wildman–Crippen MR) is 161 cm³/mol. The zero-order valence-corrected chi connectivity index (χ0v) is 22.6. The minimum absolute atomic E-state index is 0.411. The smallest absolute Gasteiger partial charge is 0.107 e. The lowest BCUT2D eigenvalue weighted by Gasteiger charge is -2.45. The standard InChI is InChI=1S/C34H23N3S2/c1-3-10-30-24(7-1)34(25-8-2-4-11-31(25)38-30)26-14-12-22(28-9-5-6-17-36-28)19-32(26)39-33-20-23(13-15-27(33)34)29-16-18-35-21-37-29/h1-20,37H,21H2. The molecule has 39 heavy (non-hydrogen) atoms. The van der Waals surface area contributed by atoms with Crippen molar-refractivity contribution >= 4 is 35.4 Å². The Kier molecular flexibility index (Phi) is 5.28. The Morgan fingerprint density at radius 2 is 1.23 bits per heavy atom. The number of rotatable bonds is 2. The van der Waals surface area contributed by atoms with Gasteiger partial charge in [-0.2, -0.15) is 0 Å². The lowest BCUT2D eigenvalue weighted by atomic mass is 9.64. The maximum absolute atomic E-state index is 4.65. The number of allylic oxidation sites excluding steroid dienone is 1. The number of hydrogen-bond acceptors (Lipinski definition) is 5. The fourth-order valence-electron chi connectivity index (χ4n) is 6.10. The number of benzene rings is 4. The van der Waals surface area contributed by atoms with E-state index in [1.807, 2.05) is 42.0 Å². The van der Waals surface area contributed by atoms with Gasteiger partial charge in [-0.05, 0) is 70.3 Å². The molecule has 4 aromatic carbocycles. The van der Waals surface area contributed by atoms with E-state index in [2.05, 4.69) is 118 Å². The van der Waals surface area contributed by atoms with Crippen LogP contribution in [0.15, 0.2) is 140 Å². The summed E-state index contributed by atoms with van der Waals surface area (Å²) in [5.74, 6) is 0.